The van der Waals surface area contributed by atoms with Gasteiger partial charge in [0.05, 0.1) is 5.41 Å². The molecule has 0 bridgehead atoms. The van der Waals surface area contributed by atoms with Gasteiger partial charge in [-0.2, -0.15) is 0 Å². The van der Waals surface area contributed by atoms with Crippen LogP contribution in [0.4, 0.5) is 0 Å². The van der Waals surface area contributed by atoms with E-state index < -0.39 is 35.5 Å². The van der Waals surface area contributed by atoms with Crippen molar-refractivity contribution in [3.63, 3.8) is 0 Å². The minimum Gasteiger partial charge on any atom is -0.480 e. The highest BCUT2D eigenvalue weighted by Gasteiger charge is 2.26. The van der Waals surface area contributed by atoms with E-state index in [0.29, 0.717) is 5.56 Å². The summed E-state index contributed by atoms with van der Waals surface area (Å²) in [7, 11) is 0. The fourth-order valence-corrected chi connectivity index (χ4v) is 3.03. The van der Waals surface area contributed by atoms with Crippen molar-refractivity contribution in [3.8, 4) is 11.5 Å². The molecule has 0 aliphatic carbocycles. The molecule has 0 saturated heterocycles. The van der Waals surface area contributed by atoms with Crippen molar-refractivity contribution in [1.29, 1.82) is 0 Å². The summed E-state index contributed by atoms with van der Waals surface area (Å²) in [6.07, 6.45) is -0.100. The highest BCUT2D eigenvalue weighted by Crippen LogP contribution is 2.30. The molecule has 0 amide bonds. The zero-order chi connectivity index (χ0) is 27.6. The third kappa shape index (κ3) is 11.7. The van der Waals surface area contributed by atoms with Crippen molar-refractivity contribution in [1.82, 2.24) is 5.32 Å². The summed E-state index contributed by atoms with van der Waals surface area (Å²) in [4.78, 5) is 48.4. The average molecular weight is 508 g/mol. The lowest BCUT2D eigenvalue weighted by atomic mass is 9.97. The fraction of sp³-hybridized carbons (Fsp3) is 0.630. The molecule has 1 aromatic carbocycles. The van der Waals surface area contributed by atoms with E-state index in [0.717, 1.165) is 0 Å². The second kappa shape index (κ2) is 14.0. The van der Waals surface area contributed by atoms with Crippen LogP contribution in [0.15, 0.2) is 18.2 Å². The van der Waals surface area contributed by atoms with Gasteiger partial charge >= 0.3 is 23.9 Å². The van der Waals surface area contributed by atoms with Crippen LogP contribution in [0, 0.1) is 17.3 Å². The number of carbonyl (C=O) groups excluding carboxylic acids is 3. The lowest BCUT2D eigenvalue weighted by molar-refractivity contribution is -0.157. The first-order valence-electron chi connectivity index (χ1n) is 12.3. The van der Waals surface area contributed by atoms with Crippen molar-refractivity contribution >= 4 is 23.9 Å². The van der Waals surface area contributed by atoms with E-state index >= 15 is 0 Å². The van der Waals surface area contributed by atoms with Crippen molar-refractivity contribution in [2.45, 2.75) is 86.8 Å². The number of carboxylic acid groups (broad SMARTS) is 1. The standard InChI is InChI=1S/C27H41NO8/c1-16(2)11-23(29)35-21-10-9-19(14-22(21)36-24(30)12-17(3)4)13-20(25(31)32)28-15-18(5)34-26(33)27(6,7)8/h9-10,14,16-18,20,28H,11-13,15H2,1-8H3,(H,31,32)/t18?,20-/m0/s1. The van der Waals surface area contributed by atoms with Gasteiger partial charge in [0.2, 0.25) is 0 Å². The Labute approximate surface area is 213 Å². The van der Waals surface area contributed by atoms with Crippen molar-refractivity contribution in [2.75, 3.05) is 6.54 Å². The average Bonchev–Trinajstić information content (AvgIpc) is 2.70. The molecule has 0 saturated carbocycles. The SMILES string of the molecule is CC(C)CC(=O)Oc1ccc(C[C@H](NCC(C)OC(=O)C(C)(C)C)C(=O)O)cc1OC(=O)CC(C)C. The summed E-state index contributed by atoms with van der Waals surface area (Å²) in [5, 5.41) is 12.6. The topological polar surface area (TPSA) is 128 Å². The van der Waals surface area contributed by atoms with Gasteiger partial charge in [-0.15, -0.1) is 0 Å². The second-order valence-corrected chi connectivity index (χ2v) is 10.9. The van der Waals surface area contributed by atoms with Gasteiger partial charge in [-0.05, 0) is 63.6 Å². The third-order valence-electron chi connectivity index (χ3n) is 4.92. The lowest BCUT2D eigenvalue weighted by Crippen LogP contribution is -2.43. The Morgan fingerprint density at radius 3 is 1.89 bits per heavy atom. The number of rotatable bonds is 13. The molecule has 9 heteroatoms. The van der Waals surface area contributed by atoms with E-state index in [4.69, 9.17) is 14.2 Å². The largest absolute Gasteiger partial charge is 0.480 e. The van der Waals surface area contributed by atoms with Gasteiger partial charge in [-0.3, -0.25) is 19.2 Å². The molecular weight excluding hydrogens is 466 g/mol. The molecule has 2 N–H and O–H groups in total. The highest BCUT2D eigenvalue weighted by atomic mass is 16.6. The highest BCUT2D eigenvalue weighted by molar-refractivity contribution is 5.77. The van der Waals surface area contributed by atoms with Crippen LogP contribution in [-0.2, 0) is 30.3 Å². The first-order chi connectivity index (χ1) is 16.6. The smallest absolute Gasteiger partial charge is 0.321 e. The number of hydrogen-bond acceptors (Lipinski definition) is 8. The minimum atomic E-state index is -1.09. The second-order valence-electron chi connectivity index (χ2n) is 10.9. The number of aliphatic carboxylic acids is 1. The zero-order valence-corrected chi connectivity index (χ0v) is 22.7. The molecule has 202 valence electrons. The lowest BCUT2D eigenvalue weighted by Gasteiger charge is -2.23. The zero-order valence-electron chi connectivity index (χ0n) is 22.7. The fourth-order valence-electron chi connectivity index (χ4n) is 3.03. The predicted molar refractivity (Wildman–Crippen MR) is 135 cm³/mol. The van der Waals surface area contributed by atoms with Crippen LogP contribution in [0.25, 0.3) is 0 Å². The summed E-state index contributed by atoms with van der Waals surface area (Å²) < 4.78 is 16.3. The predicted octanol–water partition coefficient (Wildman–Crippen LogP) is 4.15. The van der Waals surface area contributed by atoms with Crippen LogP contribution >= 0.6 is 0 Å². The molecule has 9 nitrogen and oxygen atoms in total. The quantitative estimate of drug-likeness (QED) is 0.299. The van der Waals surface area contributed by atoms with Gasteiger partial charge in [0.25, 0.3) is 0 Å². The number of esters is 3. The number of carboxylic acids is 1. The Hall–Kier alpha value is -2.94. The van der Waals surface area contributed by atoms with Gasteiger partial charge in [0.15, 0.2) is 11.5 Å². The first kappa shape index (κ1) is 31.1. The van der Waals surface area contributed by atoms with Gasteiger partial charge in [-0.25, -0.2) is 0 Å². The van der Waals surface area contributed by atoms with Crippen LogP contribution in [-0.4, -0.2) is 47.7 Å². The molecule has 1 rings (SSSR count). The van der Waals surface area contributed by atoms with Crippen molar-refractivity contribution in [2.24, 2.45) is 17.3 Å². The van der Waals surface area contributed by atoms with Crippen LogP contribution in [0.2, 0.25) is 0 Å². The maximum absolute atomic E-state index is 12.3. The molecule has 0 spiro atoms. The van der Waals surface area contributed by atoms with Gasteiger partial charge in [0.1, 0.15) is 12.1 Å². The molecule has 0 heterocycles. The number of ether oxygens (including phenoxy) is 3. The van der Waals surface area contributed by atoms with Gasteiger partial charge in [0, 0.05) is 19.4 Å². The molecule has 0 aliphatic rings. The maximum atomic E-state index is 12.3. The van der Waals surface area contributed by atoms with Crippen LogP contribution in [0.1, 0.15) is 73.8 Å². The van der Waals surface area contributed by atoms with E-state index in [-0.39, 0.29) is 55.1 Å². The summed E-state index contributed by atoms with van der Waals surface area (Å²) in [5.74, 6) is -2.07. The minimum absolute atomic E-state index is 0.0597. The molecule has 0 aromatic heterocycles. The summed E-state index contributed by atoms with van der Waals surface area (Å²) in [5.41, 5.74) is -0.102. The maximum Gasteiger partial charge on any atom is 0.321 e. The third-order valence-corrected chi connectivity index (χ3v) is 4.92. The number of carbonyl (C=O) groups is 4. The van der Waals surface area contributed by atoms with Gasteiger partial charge < -0.3 is 24.6 Å². The number of hydrogen-bond donors (Lipinski definition) is 2. The van der Waals surface area contributed by atoms with E-state index in [2.05, 4.69) is 5.32 Å². The molecule has 0 fully saturated rings. The first-order valence-corrected chi connectivity index (χ1v) is 12.3. The van der Waals surface area contributed by atoms with E-state index in [1.807, 2.05) is 27.7 Å². The van der Waals surface area contributed by atoms with E-state index in [9.17, 15) is 24.3 Å². The summed E-state index contributed by atoms with van der Waals surface area (Å²) >= 11 is 0. The summed E-state index contributed by atoms with van der Waals surface area (Å²) in [6.45, 7) is 14.6. The molecular formula is C27H41NO8. The number of nitrogens with one attached hydrogen (secondary N) is 1. The number of benzene rings is 1. The molecule has 36 heavy (non-hydrogen) atoms. The molecule has 2 atom stereocenters. The van der Waals surface area contributed by atoms with E-state index in [1.165, 1.54) is 12.1 Å². The molecule has 0 radical (unpaired) electrons. The van der Waals surface area contributed by atoms with Crippen molar-refractivity contribution < 1.29 is 38.5 Å². The van der Waals surface area contributed by atoms with Crippen LogP contribution in [0.5, 0.6) is 11.5 Å². The Morgan fingerprint density at radius 2 is 1.42 bits per heavy atom. The molecule has 1 unspecified atom stereocenters. The van der Waals surface area contributed by atoms with Gasteiger partial charge in [-0.1, -0.05) is 33.8 Å². The van der Waals surface area contributed by atoms with Crippen LogP contribution < -0.4 is 14.8 Å². The summed E-state index contributed by atoms with van der Waals surface area (Å²) in [6, 6.07) is 3.64. The Balaban J connectivity index is 3.02. The van der Waals surface area contributed by atoms with Crippen molar-refractivity contribution in [3.05, 3.63) is 23.8 Å². The Morgan fingerprint density at radius 1 is 0.889 bits per heavy atom. The van der Waals surface area contributed by atoms with E-state index in [1.54, 1.807) is 33.8 Å². The Kier molecular flexibility index (Phi) is 12.1. The Bertz CT molecular complexity index is 917. The normalized spacial score (nSPS) is 13.3. The molecule has 1 aromatic rings. The molecule has 0 aliphatic heterocycles. The monoisotopic (exact) mass is 507 g/mol. The van der Waals surface area contributed by atoms with Crippen LogP contribution in [0.3, 0.4) is 0 Å².